The van der Waals surface area contributed by atoms with Crippen LogP contribution in [0.5, 0.6) is 0 Å². The summed E-state index contributed by atoms with van der Waals surface area (Å²) in [6.07, 6.45) is 2.28. The summed E-state index contributed by atoms with van der Waals surface area (Å²) >= 11 is 0. The van der Waals surface area contributed by atoms with Crippen molar-refractivity contribution in [1.82, 2.24) is 15.5 Å². The van der Waals surface area contributed by atoms with Gasteiger partial charge in [-0.25, -0.2) is 4.79 Å². The van der Waals surface area contributed by atoms with E-state index in [-0.39, 0.29) is 25.0 Å². The second-order valence-corrected chi connectivity index (χ2v) is 6.43. The zero-order valence-electron chi connectivity index (χ0n) is 14.2. The summed E-state index contributed by atoms with van der Waals surface area (Å²) in [4.78, 5) is 24.8. The van der Waals surface area contributed by atoms with E-state index in [0.29, 0.717) is 6.54 Å². The fourth-order valence-corrected chi connectivity index (χ4v) is 3.01. The number of carboxylic acid groups (broad SMARTS) is 1. The summed E-state index contributed by atoms with van der Waals surface area (Å²) in [5.41, 5.74) is 1.19. The molecule has 24 heavy (non-hydrogen) atoms. The molecule has 1 aliphatic rings. The Balaban J connectivity index is 1.91. The quantitative estimate of drug-likeness (QED) is 0.715. The number of carbonyl (C=O) groups is 2. The van der Waals surface area contributed by atoms with Gasteiger partial charge in [0.25, 0.3) is 0 Å². The maximum atomic E-state index is 11.9. The number of likely N-dealkylation sites (tertiary alicyclic amines) is 1. The molecule has 1 fully saturated rings. The van der Waals surface area contributed by atoms with Crippen molar-refractivity contribution in [1.29, 1.82) is 0 Å². The second-order valence-electron chi connectivity index (χ2n) is 6.43. The average molecular weight is 333 g/mol. The van der Waals surface area contributed by atoms with Crippen LogP contribution >= 0.6 is 0 Å². The molecule has 0 radical (unpaired) electrons. The van der Waals surface area contributed by atoms with Crippen LogP contribution in [0.1, 0.15) is 37.8 Å². The highest BCUT2D eigenvalue weighted by Gasteiger charge is 2.24. The number of rotatable bonds is 7. The second kappa shape index (κ2) is 9.27. The van der Waals surface area contributed by atoms with Gasteiger partial charge in [0, 0.05) is 13.1 Å². The lowest BCUT2D eigenvalue weighted by atomic mass is 9.96. The van der Waals surface area contributed by atoms with E-state index in [1.807, 2.05) is 18.2 Å². The molecule has 1 aliphatic heterocycles. The SMILES string of the molecule is CC1CCN(C(CNC(=O)NCCC(=O)O)c2ccccc2)CC1. The Morgan fingerprint density at radius 3 is 2.50 bits per heavy atom. The van der Waals surface area contributed by atoms with E-state index >= 15 is 0 Å². The smallest absolute Gasteiger partial charge is 0.314 e. The number of hydrogen-bond donors (Lipinski definition) is 3. The fourth-order valence-electron chi connectivity index (χ4n) is 3.01. The molecule has 1 aromatic carbocycles. The number of piperidine rings is 1. The van der Waals surface area contributed by atoms with Crippen LogP contribution in [-0.4, -0.2) is 48.2 Å². The summed E-state index contributed by atoms with van der Waals surface area (Å²) in [6, 6.07) is 10.0. The van der Waals surface area contributed by atoms with Crippen molar-refractivity contribution in [2.75, 3.05) is 26.2 Å². The lowest BCUT2D eigenvalue weighted by Gasteiger charge is -2.37. The van der Waals surface area contributed by atoms with Crippen molar-refractivity contribution in [3.05, 3.63) is 35.9 Å². The van der Waals surface area contributed by atoms with Crippen molar-refractivity contribution in [2.45, 2.75) is 32.2 Å². The molecule has 6 heteroatoms. The molecule has 2 rings (SSSR count). The van der Waals surface area contributed by atoms with E-state index in [2.05, 4.69) is 34.6 Å². The monoisotopic (exact) mass is 333 g/mol. The Kier molecular flexibility index (Phi) is 7.06. The molecule has 0 aliphatic carbocycles. The first-order valence-corrected chi connectivity index (χ1v) is 8.58. The summed E-state index contributed by atoms with van der Waals surface area (Å²) in [5.74, 6) is -0.162. The number of aliphatic carboxylic acids is 1. The molecule has 0 bridgehead atoms. The molecule has 0 spiro atoms. The molecule has 1 heterocycles. The number of carboxylic acids is 1. The van der Waals surface area contributed by atoms with Crippen LogP contribution in [0, 0.1) is 5.92 Å². The molecular weight excluding hydrogens is 306 g/mol. The molecule has 0 saturated carbocycles. The zero-order chi connectivity index (χ0) is 17.4. The number of benzene rings is 1. The Labute approximate surface area is 143 Å². The largest absolute Gasteiger partial charge is 0.481 e. The predicted molar refractivity (Wildman–Crippen MR) is 92.8 cm³/mol. The van der Waals surface area contributed by atoms with Crippen LogP contribution < -0.4 is 10.6 Å². The van der Waals surface area contributed by atoms with Crippen LogP contribution in [0.3, 0.4) is 0 Å². The van der Waals surface area contributed by atoms with Gasteiger partial charge in [0.1, 0.15) is 0 Å². The lowest BCUT2D eigenvalue weighted by Crippen LogP contribution is -2.44. The van der Waals surface area contributed by atoms with Gasteiger partial charge in [-0.3, -0.25) is 9.69 Å². The summed E-state index contributed by atoms with van der Waals surface area (Å²) < 4.78 is 0. The molecular formula is C18H27N3O3. The normalized spacial score (nSPS) is 17.2. The number of hydrogen-bond acceptors (Lipinski definition) is 3. The minimum absolute atomic E-state index is 0.0699. The summed E-state index contributed by atoms with van der Waals surface area (Å²) in [5, 5.41) is 14.1. The van der Waals surface area contributed by atoms with Gasteiger partial charge < -0.3 is 15.7 Å². The third-order valence-corrected chi connectivity index (χ3v) is 4.52. The molecule has 3 N–H and O–H groups in total. The molecule has 6 nitrogen and oxygen atoms in total. The van der Waals surface area contributed by atoms with Crippen LogP contribution in [0.25, 0.3) is 0 Å². The van der Waals surface area contributed by atoms with E-state index in [1.165, 1.54) is 18.4 Å². The fraction of sp³-hybridized carbons (Fsp3) is 0.556. The van der Waals surface area contributed by atoms with E-state index in [9.17, 15) is 9.59 Å². The molecule has 132 valence electrons. The summed E-state index contributed by atoms with van der Waals surface area (Å²) in [6.45, 7) is 4.99. The number of nitrogens with one attached hydrogen (secondary N) is 2. The number of urea groups is 1. The van der Waals surface area contributed by atoms with Gasteiger partial charge in [-0.15, -0.1) is 0 Å². The van der Waals surface area contributed by atoms with Crippen LogP contribution in [0.15, 0.2) is 30.3 Å². The zero-order valence-corrected chi connectivity index (χ0v) is 14.2. The number of carbonyl (C=O) groups excluding carboxylic acids is 1. The Hall–Kier alpha value is -2.08. The Morgan fingerprint density at radius 2 is 1.88 bits per heavy atom. The maximum Gasteiger partial charge on any atom is 0.314 e. The highest BCUT2D eigenvalue weighted by molar-refractivity contribution is 5.75. The first-order chi connectivity index (χ1) is 11.6. The number of amides is 2. The first kappa shape index (κ1) is 18.3. The third-order valence-electron chi connectivity index (χ3n) is 4.52. The Bertz CT molecular complexity index is 528. The average Bonchev–Trinajstić information content (AvgIpc) is 2.57. The molecule has 0 aromatic heterocycles. The standard InChI is InChI=1S/C18H27N3O3/c1-14-8-11-21(12-9-14)16(15-5-3-2-4-6-15)13-20-18(24)19-10-7-17(22)23/h2-6,14,16H,7-13H2,1H3,(H,22,23)(H2,19,20,24). The minimum Gasteiger partial charge on any atom is -0.481 e. The van der Waals surface area contributed by atoms with Crippen molar-refractivity contribution < 1.29 is 14.7 Å². The molecule has 1 atom stereocenters. The van der Waals surface area contributed by atoms with Gasteiger partial charge in [0.2, 0.25) is 0 Å². The van der Waals surface area contributed by atoms with E-state index < -0.39 is 5.97 Å². The van der Waals surface area contributed by atoms with E-state index in [4.69, 9.17) is 5.11 Å². The van der Waals surface area contributed by atoms with Gasteiger partial charge >= 0.3 is 12.0 Å². The first-order valence-electron chi connectivity index (χ1n) is 8.58. The number of nitrogens with zero attached hydrogens (tertiary/aromatic N) is 1. The predicted octanol–water partition coefficient (Wildman–Crippen LogP) is 2.23. The van der Waals surface area contributed by atoms with Crippen LogP contribution in [0.2, 0.25) is 0 Å². The van der Waals surface area contributed by atoms with Gasteiger partial charge in [-0.2, -0.15) is 0 Å². The van der Waals surface area contributed by atoms with E-state index in [0.717, 1.165) is 19.0 Å². The van der Waals surface area contributed by atoms with Crippen molar-refractivity contribution >= 4 is 12.0 Å². The molecule has 1 saturated heterocycles. The van der Waals surface area contributed by atoms with Gasteiger partial charge in [-0.1, -0.05) is 37.3 Å². The van der Waals surface area contributed by atoms with Crippen molar-refractivity contribution in [3.63, 3.8) is 0 Å². The maximum absolute atomic E-state index is 11.9. The molecule has 2 amide bonds. The summed E-state index contributed by atoms with van der Waals surface area (Å²) in [7, 11) is 0. The lowest BCUT2D eigenvalue weighted by molar-refractivity contribution is -0.136. The van der Waals surface area contributed by atoms with Crippen LogP contribution in [0.4, 0.5) is 4.79 Å². The molecule has 1 unspecified atom stereocenters. The Morgan fingerprint density at radius 1 is 1.21 bits per heavy atom. The van der Waals surface area contributed by atoms with Gasteiger partial charge in [0.05, 0.1) is 12.5 Å². The van der Waals surface area contributed by atoms with Gasteiger partial charge in [0.15, 0.2) is 0 Å². The van der Waals surface area contributed by atoms with Crippen molar-refractivity contribution in [3.8, 4) is 0 Å². The van der Waals surface area contributed by atoms with Crippen LogP contribution in [-0.2, 0) is 4.79 Å². The van der Waals surface area contributed by atoms with E-state index in [1.54, 1.807) is 0 Å². The van der Waals surface area contributed by atoms with Gasteiger partial charge in [-0.05, 0) is 37.4 Å². The third kappa shape index (κ3) is 5.85. The highest BCUT2D eigenvalue weighted by atomic mass is 16.4. The highest BCUT2D eigenvalue weighted by Crippen LogP contribution is 2.26. The van der Waals surface area contributed by atoms with Crippen molar-refractivity contribution in [2.24, 2.45) is 5.92 Å². The topological polar surface area (TPSA) is 81.7 Å². The molecule has 1 aromatic rings. The minimum atomic E-state index is -0.917.